The highest BCUT2D eigenvalue weighted by molar-refractivity contribution is 8.02. The number of methoxy groups -OCH3 is 2. The van der Waals surface area contributed by atoms with Gasteiger partial charge in [0.05, 0.1) is 25.6 Å². The Labute approximate surface area is 158 Å². The van der Waals surface area contributed by atoms with Crippen molar-refractivity contribution in [1.82, 2.24) is 9.97 Å². The summed E-state index contributed by atoms with van der Waals surface area (Å²) in [6.07, 6.45) is 4.12. The average molecular weight is 366 g/mol. The predicted octanol–water partition coefficient (Wildman–Crippen LogP) is 5.48. The molecule has 1 heterocycles. The Morgan fingerprint density at radius 2 is 1.46 bits per heavy atom. The van der Waals surface area contributed by atoms with E-state index in [1.54, 1.807) is 26.0 Å². The molecule has 1 N–H and O–H groups in total. The molecule has 3 aromatic rings. The maximum atomic E-state index is 5.27. The minimum atomic E-state index is 0.827. The minimum Gasteiger partial charge on any atom is -0.497 e. The van der Waals surface area contributed by atoms with Crippen LogP contribution in [0.15, 0.2) is 53.4 Å². The Bertz CT molecular complexity index is 832. The Kier molecular flexibility index (Phi) is 5.68. The molecule has 3 rings (SSSR count). The van der Waals surface area contributed by atoms with E-state index in [2.05, 4.69) is 24.2 Å². The van der Waals surface area contributed by atoms with Crippen molar-refractivity contribution >= 4 is 17.8 Å². The predicted molar refractivity (Wildman–Crippen MR) is 110 cm³/mol. The van der Waals surface area contributed by atoms with Crippen molar-refractivity contribution in [2.75, 3.05) is 20.5 Å². The summed E-state index contributed by atoms with van der Waals surface area (Å²) in [5, 5.41) is 0. The average Bonchev–Trinajstić information content (AvgIpc) is 3.11. The number of nitrogens with one attached hydrogen (secondary N) is 1. The van der Waals surface area contributed by atoms with Gasteiger partial charge in [-0.25, -0.2) is 4.98 Å². The lowest BCUT2D eigenvalue weighted by Crippen LogP contribution is -1.87. The summed E-state index contributed by atoms with van der Waals surface area (Å²) in [5.74, 6) is 2.50. The number of thioether (sulfide) groups is 1. The molecule has 26 heavy (non-hydrogen) atoms. The van der Waals surface area contributed by atoms with Crippen LogP contribution in [0.1, 0.15) is 12.7 Å². The van der Waals surface area contributed by atoms with Crippen molar-refractivity contribution in [3.8, 4) is 34.0 Å². The molecule has 0 saturated carbocycles. The third-order valence-electron chi connectivity index (χ3n) is 4.13. The van der Waals surface area contributed by atoms with Gasteiger partial charge in [-0.15, -0.1) is 11.8 Å². The van der Waals surface area contributed by atoms with Gasteiger partial charge < -0.3 is 14.5 Å². The van der Waals surface area contributed by atoms with Crippen molar-refractivity contribution in [2.45, 2.75) is 6.92 Å². The van der Waals surface area contributed by atoms with E-state index in [0.717, 1.165) is 39.8 Å². The summed E-state index contributed by atoms with van der Waals surface area (Å²) in [5.41, 5.74) is 4.00. The first-order valence-electron chi connectivity index (χ1n) is 8.25. The summed E-state index contributed by atoms with van der Waals surface area (Å²) < 4.78 is 10.5. The fourth-order valence-corrected chi connectivity index (χ4v) is 2.87. The molecule has 0 aliphatic carbocycles. The summed E-state index contributed by atoms with van der Waals surface area (Å²) in [7, 11) is 3.34. The van der Waals surface area contributed by atoms with E-state index in [0.29, 0.717) is 0 Å². The van der Waals surface area contributed by atoms with Gasteiger partial charge in [-0.05, 0) is 72.7 Å². The van der Waals surface area contributed by atoms with Gasteiger partial charge in [0.1, 0.15) is 17.3 Å². The van der Waals surface area contributed by atoms with Gasteiger partial charge in [0.25, 0.3) is 0 Å². The van der Waals surface area contributed by atoms with Crippen LogP contribution in [-0.2, 0) is 0 Å². The van der Waals surface area contributed by atoms with Crippen LogP contribution >= 0.6 is 11.8 Å². The number of H-pyrrole nitrogens is 1. The zero-order chi connectivity index (χ0) is 18.5. The number of ether oxygens (including phenoxy) is 2. The normalized spacial score (nSPS) is 11.5. The highest BCUT2D eigenvalue weighted by Gasteiger charge is 2.14. The van der Waals surface area contributed by atoms with Crippen LogP contribution in [0.3, 0.4) is 0 Å². The fourth-order valence-electron chi connectivity index (χ4n) is 2.64. The quantitative estimate of drug-likeness (QED) is 0.627. The molecular formula is C21H22N2O2S. The van der Waals surface area contributed by atoms with Crippen molar-refractivity contribution in [3.63, 3.8) is 0 Å². The van der Waals surface area contributed by atoms with Gasteiger partial charge in [-0.2, -0.15) is 0 Å². The number of aromatic nitrogens is 2. The highest BCUT2D eigenvalue weighted by Crippen LogP contribution is 2.32. The number of hydrogen-bond acceptors (Lipinski definition) is 4. The van der Waals surface area contributed by atoms with Gasteiger partial charge in [0.2, 0.25) is 0 Å². The lowest BCUT2D eigenvalue weighted by Gasteiger charge is -2.06. The largest absolute Gasteiger partial charge is 0.497 e. The first-order chi connectivity index (χ1) is 12.6. The third kappa shape index (κ3) is 3.94. The van der Waals surface area contributed by atoms with E-state index in [1.165, 1.54) is 4.91 Å². The van der Waals surface area contributed by atoms with E-state index in [9.17, 15) is 0 Å². The van der Waals surface area contributed by atoms with Gasteiger partial charge in [-0.3, -0.25) is 0 Å². The molecule has 4 nitrogen and oxygen atoms in total. The van der Waals surface area contributed by atoms with E-state index in [-0.39, 0.29) is 0 Å². The summed E-state index contributed by atoms with van der Waals surface area (Å²) >= 11 is 1.70. The molecule has 0 aliphatic rings. The van der Waals surface area contributed by atoms with Crippen LogP contribution in [0.5, 0.6) is 11.5 Å². The van der Waals surface area contributed by atoms with Crippen molar-refractivity contribution in [1.29, 1.82) is 0 Å². The molecule has 0 saturated heterocycles. The van der Waals surface area contributed by atoms with Crippen molar-refractivity contribution in [3.05, 3.63) is 59.3 Å². The molecule has 0 spiro atoms. The highest BCUT2D eigenvalue weighted by atomic mass is 32.2. The first kappa shape index (κ1) is 18.1. The number of hydrogen-bond donors (Lipinski definition) is 1. The Morgan fingerprint density at radius 1 is 0.923 bits per heavy atom. The Balaban J connectivity index is 2.10. The Morgan fingerprint density at radius 3 is 1.96 bits per heavy atom. The number of aromatic amines is 1. The third-order valence-corrected chi connectivity index (χ3v) is 4.89. The van der Waals surface area contributed by atoms with Crippen LogP contribution in [0, 0.1) is 0 Å². The smallest absolute Gasteiger partial charge is 0.131 e. The number of benzene rings is 2. The van der Waals surface area contributed by atoms with Gasteiger partial charge in [0.15, 0.2) is 0 Å². The fraction of sp³-hybridized carbons (Fsp3) is 0.190. The lowest BCUT2D eigenvalue weighted by molar-refractivity contribution is 0.414. The first-order valence-corrected chi connectivity index (χ1v) is 9.48. The van der Waals surface area contributed by atoms with Crippen LogP contribution in [0.4, 0.5) is 0 Å². The molecule has 1 aromatic heterocycles. The SMILES string of the molecule is COc1ccc(-c2nc(/C=C(\C)SC)[nH]c2-c2ccc(OC)cc2)cc1. The molecule has 0 radical (unpaired) electrons. The van der Waals surface area contributed by atoms with Gasteiger partial charge >= 0.3 is 0 Å². The molecule has 0 fully saturated rings. The molecule has 5 heteroatoms. The lowest BCUT2D eigenvalue weighted by atomic mass is 10.0. The van der Waals surface area contributed by atoms with E-state index >= 15 is 0 Å². The second-order valence-corrected chi connectivity index (χ2v) is 6.81. The molecule has 2 aromatic carbocycles. The van der Waals surface area contributed by atoms with Crippen LogP contribution in [0.25, 0.3) is 28.6 Å². The van der Waals surface area contributed by atoms with Crippen molar-refractivity contribution in [2.24, 2.45) is 0 Å². The molecular weight excluding hydrogens is 344 g/mol. The molecule has 0 bridgehead atoms. The number of nitrogens with zero attached hydrogens (tertiary/aromatic N) is 1. The Hall–Kier alpha value is -2.66. The van der Waals surface area contributed by atoms with Gasteiger partial charge in [0, 0.05) is 11.1 Å². The zero-order valence-electron chi connectivity index (χ0n) is 15.4. The van der Waals surface area contributed by atoms with E-state index in [4.69, 9.17) is 14.5 Å². The van der Waals surface area contributed by atoms with E-state index in [1.807, 2.05) is 48.5 Å². The van der Waals surface area contributed by atoms with Gasteiger partial charge in [-0.1, -0.05) is 0 Å². The number of imidazole rings is 1. The maximum Gasteiger partial charge on any atom is 0.131 e. The second-order valence-electron chi connectivity index (χ2n) is 5.76. The van der Waals surface area contributed by atoms with Crippen LogP contribution < -0.4 is 9.47 Å². The van der Waals surface area contributed by atoms with Crippen LogP contribution in [0.2, 0.25) is 0 Å². The van der Waals surface area contributed by atoms with E-state index < -0.39 is 0 Å². The molecule has 0 unspecified atom stereocenters. The summed E-state index contributed by atoms with van der Waals surface area (Å²) in [6.45, 7) is 2.08. The molecule has 134 valence electrons. The monoisotopic (exact) mass is 366 g/mol. The molecule has 0 amide bonds. The molecule has 0 aliphatic heterocycles. The topological polar surface area (TPSA) is 47.1 Å². The van der Waals surface area contributed by atoms with Crippen LogP contribution in [-0.4, -0.2) is 30.4 Å². The summed E-state index contributed by atoms with van der Waals surface area (Å²) in [4.78, 5) is 9.48. The molecule has 0 atom stereocenters. The van der Waals surface area contributed by atoms with Crippen molar-refractivity contribution < 1.29 is 9.47 Å². The maximum absolute atomic E-state index is 5.27. The second kappa shape index (κ2) is 8.15. The minimum absolute atomic E-state index is 0.827. The number of allylic oxidation sites excluding steroid dienone is 1. The number of rotatable bonds is 6. The standard InChI is InChI=1S/C21H22N2O2S/c1-14(26-4)13-19-22-20(15-5-9-17(24-2)10-6-15)21(23-19)16-7-11-18(25-3)12-8-16/h5-13H,1-4H3,(H,22,23)/b14-13+. The zero-order valence-corrected chi connectivity index (χ0v) is 16.2. The summed E-state index contributed by atoms with van der Waals surface area (Å²) in [6, 6.07) is 15.9.